The number of benzene rings is 1. The summed E-state index contributed by atoms with van der Waals surface area (Å²) in [6, 6.07) is 11.9. The fourth-order valence-electron chi connectivity index (χ4n) is 1.71. The molecule has 2 aromatic heterocycles. The van der Waals surface area contributed by atoms with Gasteiger partial charge >= 0.3 is 0 Å². The van der Waals surface area contributed by atoms with Crippen LogP contribution in [0.5, 0.6) is 0 Å². The standard InChI is InChI=1S/C14H11N3OS2/c18-13(11-6-7-19-9-11)15-14-17-16-12(20-14)8-10-4-2-1-3-5-10/h1-7,9H,8H2,(H,15,17,18). The summed E-state index contributed by atoms with van der Waals surface area (Å²) >= 11 is 2.89. The molecule has 2 heterocycles. The van der Waals surface area contributed by atoms with E-state index in [0.717, 1.165) is 11.4 Å². The molecule has 0 saturated carbocycles. The molecule has 0 aliphatic heterocycles. The Kier molecular flexibility index (Phi) is 3.85. The molecule has 1 aromatic carbocycles. The lowest BCUT2D eigenvalue weighted by atomic mass is 10.2. The van der Waals surface area contributed by atoms with Crippen molar-refractivity contribution >= 4 is 33.7 Å². The minimum atomic E-state index is -0.145. The van der Waals surface area contributed by atoms with Crippen molar-refractivity contribution in [1.82, 2.24) is 10.2 Å². The van der Waals surface area contributed by atoms with Crippen LogP contribution in [-0.4, -0.2) is 16.1 Å². The summed E-state index contributed by atoms with van der Waals surface area (Å²) < 4.78 is 0. The van der Waals surface area contributed by atoms with Gasteiger partial charge in [0.1, 0.15) is 5.01 Å². The number of carbonyl (C=O) groups excluding carboxylic acids is 1. The second kappa shape index (κ2) is 5.94. The first-order valence-electron chi connectivity index (χ1n) is 6.01. The second-order valence-corrected chi connectivity index (χ2v) is 5.97. The minimum Gasteiger partial charge on any atom is -0.296 e. The zero-order valence-electron chi connectivity index (χ0n) is 10.4. The van der Waals surface area contributed by atoms with E-state index < -0.39 is 0 Å². The molecule has 100 valence electrons. The van der Waals surface area contributed by atoms with Crippen molar-refractivity contribution < 1.29 is 4.79 Å². The fourth-order valence-corrected chi connectivity index (χ4v) is 3.11. The van der Waals surface area contributed by atoms with Gasteiger partial charge in [-0.3, -0.25) is 10.1 Å². The van der Waals surface area contributed by atoms with E-state index in [1.807, 2.05) is 35.7 Å². The number of anilines is 1. The van der Waals surface area contributed by atoms with Gasteiger partial charge in [0, 0.05) is 11.8 Å². The van der Waals surface area contributed by atoms with E-state index in [0.29, 0.717) is 10.7 Å². The van der Waals surface area contributed by atoms with Gasteiger partial charge in [0.2, 0.25) is 5.13 Å². The summed E-state index contributed by atoms with van der Waals surface area (Å²) in [5, 5.41) is 16.0. The van der Waals surface area contributed by atoms with Crippen LogP contribution in [0, 0.1) is 0 Å². The van der Waals surface area contributed by atoms with Gasteiger partial charge in [-0.1, -0.05) is 41.7 Å². The van der Waals surface area contributed by atoms with Crippen molar-refractivity contribution in [2.75, 3.05) is 5.32 Å². The number of nitrogens with zero attached hydrogens (tertiary/aromatic N) is 2. The predicted octanol–water partition coefficient (Wildman–Crippen LogP) is 3.44. The van der Waals surface area contributed by atoms with E-state index in [9.17, 15) is 4.79 Å². The predicted molar refractivity (Wildman–Crippen MR) is 81.4 cm³/mol. The molecule has 1 N–H and O–H groups in total. The van der Waals surface area contributed by atoms with Gasteiger partial charge in [-0.15, -0.1) is 10.2 Å². The normalized spacial score (nSPS) is 10.4. The molecule has 0 fully saturated rings. The van der Waals surface area contributed by atoms with Crippen LogP contribution in [0.1, 0.15) is 20.9 Å². The first-order valence-corrected chi connectivity index (χ1v) is 7.77. The molecule has 0 bridgehead atoms. The average molecular weight is 301 g/mol. The Morgan fingerprint density at radius 3 is 2.75 bits per heavy atom. The zero-order valence-corrected chi connectivity index (χ0v) is 12.1. The number of thiophene rings is 1. The highest BCUT2D eigenvalue weighted by atomic mass is 32.1. The molecule has 20 heavy (non-hydrogen) atoms. The quantitative estimate of drug-likeness (QED) is 0.803. The van der Waals surface area contributed by atoms with Gasteiger partial charge in [0.05, 0.1) is 5.56 Å². The third-order valence-electron chi connectivity index (χ3n) is 2.67. The lowest BCUT2D eigenvalue weighted by Crippen LogP contribution is -2.10. The smallest absolute Gasteiger partial charge is 0.258 e. The molecular weight excluding hydrogens is 290 g/mol. The molecule has 0 atom stereocenters. The highest BCUT2D eigenvalue weighted by Crippen LogP contribution is 2.19. The van der Waals surface area contributed by atoms with E-state index in [2.05, 4.69) is 15.5 Å². The fraction of sp³-hybridized carbons (Fsp3) is 0.0714. The topological polar surface area (TPSA) is 54.9 Å². The summed E-state index contributed by atoms with van der Waals surface area (Å²) in [5.41, 5.74) is 1.83. The van der Waals surface area contributed by atoms with Crippen LogP contribution in [0.2, 0.25) is 0 Å². The highest BCUT2D eigenvalue weighted by Gasteiger charge is 2.10. The third kappa shape index (κ3) is 3.09. The van der Waals surface area contributed by atoms with Crippen LogP contribution in [-0.2, 0) is 6.42 Å². The first kappa shape index (κ1) is 13.0. The molecule has 0 aliphatic rings. The van der Waals surface area contributed by atoms with Crippen molar-refractivity contribution in [3.05, 3.63) is 63.3 Å². The van der Waals surface area contributed by atoms with Crippen molar-refractivity contribution in [3.8, 4) is 0 Å². The monoisotopic (exact) mass is 301 g/mol. The molecule has 0 saturated heterocycles. The number of rotatable bonds is 4. The maximum absolute atomic E-state index is 11.9. The molecule has 0 unspecified atom stereocenters. The largest absolute Gasteiger partial charge is 0.296 e. The average Bonchev–Trinajstić information content (AvgIpc) is 3.11. The van der Waals surface area contributed by atoms with Crippen LogP contribution >= 0.6 is 22.7 Å². The number of carbonyl (C=O) groups is 1. The first-order chi connectivity index (χ1) is 9.81. The summed E-state index contributed by atoms with van der Waals surface area (Å²) in [6.07, 6.45) is 0.729. The molecule has 0 aliphatic carbocycles. The Balaban J connectivity index is 1.67. The molecule has 1 amide bonds. The molecule has 3 aromatic rings. The van der Waals surface area contributed by atoms with Crippen molar-refractivity contribution in [1.29, 1.82) is 0 Å². The van der Waals surface area contributed by atoms with Gasteiger partial charge in [0.25, 0.3) is 5.91 Å². The summed E-state index contributed by atoms with van der Waals surface area (Å²) in [5.74, 6) is -0.145. The molecule has 6 heteroatoms. The van der Waals surface area contributed by atoms with E-state index in [4.69, 9.17) is 0 Å². The Morgan fingerprint density at radius 2 is 2.00 bits per heavy atom. The Bertz CT molecular complexity index is 692. The summed E-state index contributed by atoms with van der Waals surface area (Å²) in [7, 11) is 0. The molecule has 0 spiro atoms. The van der Waals surface area contributed by atoms with Gasteiger partial charge < -0.3 is 0 Å². The van der Waals surface area contributed by atoms with Crippen LogP contribution in [0.3, 0.4) is 0 Å². The van der Waals surface area contributed by atoms with Crippen LogP contribution in [0.4, 0.5) is 5.13 Å². The van der Waals surface area contributed by atoms with Gasteiger partial charge in [-0.25, -0.2) is 0 Å². The van der Waals surface area contributed by atoms with Gasteiger partial charge in [-0.05, 0) is 17.0 Å². The van der Waals surface area contributed by atoms with Crippen LogP contribution in [0.25, 0.3) is 0 Å². The number of nitrogens with one attached hydrogen (secondary N) is 1. The lowest BCUT2D eigenvalue weighted by molar-refractivity contribution is 0.102. The lowest BCUT2D eigenvalue weighted by Gasteiger charge is -1.97. The van der Waals surface area contributed by atoms with Crippen molar-refractivity contribution in [2.24, 2.45) is 0 Å². The number of hydrogen-bond acceptors (Lipinski definition) is 5. The van der Waals surface area contributed by atoms with Crippen molar-refractivity contribution in [3.63, 3.8) is 0 Å². The maximum atomic E-state index is 11.9. The zero-order chi connectivity index (χ0) is 13.8. The van der Waals surface area contributed by atoms with Crippen LogP contribution in [0.15, 0.2) is 47.2 Å². The maximum Gasteiger partial charge on any atom is 0.258 e. The Labute approximate surface area is 124 Å². The molecular formula is C14H11N3OS2. The number of amides is 1. The number of hydrogen-bond donors (Lipinski definition) is 1. The molecule has 4 nitrogen and oxygen atoms in total. The van der Waals surface area contributed by atoms with Gasteiger partial charge in [0.15, 0.2) is 0 Å². The van der Waals surface area contributed by atoms with Crippen LogP contribution < -0.4 is 5.32 Å². The molecule has 0 radical (unpaired) electrons. The number of aromatic nitrogens is 2. The van der Waals surface area contributed by atoms with Crippen molar-refractivity contribution in [2.45, 2.75) is 6.42 Å². The Hall–Kier alpha value is -2.05. The van der Waals surface area contributed by atoms with E-state index in [1.165, 1.54) is 28.2 Å². The van der Waals surface area contributed by atoms with E-state index in [1.54, 1.807) is 11.4 Å². The Morgan fingerprint density at radius 1 is 1.15 bits per heavy atom. The summed E-state index contributed by atoms with van der Waals surface area (Å²) in [6.45, 7) is 0. The third-order valence-corrected chi connectivity index (χ3v) is 4.19. The van der Waals surface area contributed by atoms with E-state index in [-0.39, 0.29) is 5.91 Å². The second-order valence-electron chi connectivity index (χ2n) is 4.13. The van der Waals surface area contributed by atoms with E-state index >= 15 is 0 Å². The SMILES string of the molecule is O=C(Nc1nnc(Cc2ccccc2)s1)c1ccsc1. The summed E-state index contributed by atoms with van der Waals surface area (Å²) in [4.78, 5) is 11.9. The minimum absolute atomic E-state index is 0.145. The van der Waals surface area contributed by atoms with Gasteiger partial charge in [-0.2, -0.15) is 11.3 Å². The molecule has 3 rings (SSSR count). The highest BCUT2D eigenvalue weighted by molar-refractivity contribution is 7.15.